The van der Waals surface area contributed by atoms with Gasteiger partial charge in [0, 0.05) is 5.41 Å². The lowest BCUT2D eigenvalue weighted by Crippen LogP contribution is -2.24. The van der Waals surface area contributed by atoms with Crippen molar-refractivity contribution in [3.8, 4) is 22.3 Å². The molecule has 0 spiro atoms. The molecule has 0 saturated heterocycles. The quantitative estimate of drug-likeness (QED) is 0.235. The summed E-state index contributed by atoms with van der Waals surface area (Å²) in [6.07, 6.45) is 0. The largest absolute Gasteiger partial charge is 0.280 e. The first-order valence-electron chi connectivity index (χ1n) is 11.4. The second kappa shape index (κ2) is 7.33. The summed E-state index contributed by atoms with van der Waals surface area (Å²) >= 11 is 0. The second-order valence-electron chi connectivity index (χ2n) is 9.38. The zero-order valence-corrected chi connectivity index (χ0v) is 18.9. The van der Waals surface area contributed by atoms with Crippen LogP contribution in [-0.4, -0.2) is 0 Å². The van der Waals surface area contributed by atoms with Crippen LogP contribution in [0.1, 0.15) is 25.0 Å². The zero-order chi connectivity index (χ0) is 22.6. The van der Waals surface area contributed by atoms with Crippen LogP contribution in [0.15, 0.2) is 109 Å². The fourth-order valence-electron chi connectivity index (χ4n) is 5.17. The van der Waals surface area contributed by atoms with Gasteiger partial charge in [-0.15, -0.1) is 0 Å². The van der Waals surface area contributed by atoms with Crippen molar-refractivity contribution >= 4 is 22.1 Å². The first-order chi connectivity index (χ1) is 16.0. The van der Waals surface area contributed by atoms with Crippen molar-refractivity contribution in [2.75, 3.05) is 5.01 Å². The lowest BCUT2D eigenvalue weighted by atomic mass is 9.81. The number of benzene rings is 5. The molecular weight excluding hydrogens is 400 g/mol. The van der Waals surface area contributed by atoms with Crippen LogP contribution in [0.2, 0.25) is 0 Å². The van der Waals surface area contributed by atoms with Gasteiger partial charge in [-0.05, 0) is 74.5 Å². The topological polar surface area (TPSA) is 29.3 Å². The lowest BCUT2D eigenvalue weighted by molar-refractivity contribution is 0.660. The van der Waals surface area contributed by atoms with Crippen molar-refractivity contribution in [1.29, 1.82) is 0 Å². The Hall–Kier alpha value is -3.88. The summed E-state index contributed by atoms with van der Waals surface area (Å²) in [4.78, 5) is 0. The van der Waals surface area contributed by atoms with E-state index < -0.39 is 0 Å². The van der Waals surface area contributed by atoms with Gasteiger partial charge in [0.05, 0.1) is 11.4 Å². The maximum atomic E-state index is 6.49. The van der Waals surface area contributed by atoms with E-state index in [2.05, 4.69) is 123 Å². The molecule has 1 aliphatic carbocycles. The van der Waals surface area contributed by atoms with E-state index in [-0.39, 0.29) is 5.41 Å². The molecule has 0 heterocycles. The van der Waals surface area contributed by atoms with Crippen LogP contribution in [0.3, 0.4) is 0 Å². The van der Waals surface area contributed by atoms with Crippen molar-refractivity contribution in [1.82, 2.24) is 0 Å². The van der Waals surface area contributed by atoms with Gasteiger partial charge in [-0.3, -0.25) is 5.01 Å². The molecule has 33 heavy (non-hydrogen) atoms. The molecule has 5 aromatic carbocycles. The van der Waals surface area contributed by atoms with Crippen LogP contribution in [0, 0.1) is 0 Å². The molecule has 6 rings (SSSR count). The van der Waals surface area contributed by atoms with Gasteiger partial charge in [-0.1, -0.05) is 92.7 Å². The van der Waals surface area contributed by atoms with Gasteiger partial charge in [0.1, 0.15) is 0 Å². The fraction of sp³-hybridized carbons (Fsp3) is 0.0968. The van der Waals surface area contributed by atoms with E-state index in [0.717, 1.165) is 11.4 Å². The van der Waals surface area contributed by atoms with Crippen molar-refractivity contribution in [3.05, 3.63) is 120 Å². The maximum absolute atomic E-state index is 6.49. The third-order valence-electron chi connectivity index (χ3n) is 7.07. The summed E-state index contributed by atoms with van der Waals surface area (Å²) in [6, 6.07) is 38.8. The van der Waals surface area contributed by atoms with Gasteiger partial charge in [0.15, 0.2) is 0 Å². The smallest absolute Gasteiger partial charge is 0.0581 e. The molecule has 2 N–H and O–H groups in total. The highest BCUT2D eigenvalue weighted by Crippen LogP contribution is 2.49. The Morgan fingerprint density at radius 2 is 1.18 bits per heavy atom. The number of hydrogen-bond donors (Lipinski definition) is 1. The van der Waals surface area contributed by atoms with Crippen LogP contribution >= 0.6 is 0 Å². The lowest BCUT2D eigenvalue weighted by Gasteiger charge is -2.22. The Kier molecular flexibility index (Phi) is 4.39. The van der Waals surface area contributed by atoms with Crippen LogP contribution in [0.4, 0.5) is 11.4 Å². The van der Waals surface area contributed by atoms with E-state index >= 15 is 0 Å². The predicted molar refractivity (Wildman–Crippen MR) is 140 cm³/mol. The number of hydrazine groups is 1. The van der Waals surface area contributed by atoms with Gasteiger partial charge in [0.25, 0.3) is 0 Å². The third kappa shape index (κ3) is 3.14. The monoisotopic (exact) mass is 426 g/mol. The second-order valence-corrected chi connectivity index (χ2v) is 9.38. The fourth-order valence-corrected chi connectivity index (χ4v) is 5.17. The Bertz CT molecular complexity index is 1500. The molecule has 160 valence electrons. The average molecular weight is 427 g/mol. The highest BCUT2D eigenvalue weighted by atomic mass is 15.4. The summed E-state index contributed by atoms with van der Waals surface area (Å²) in [5.41, 5.74) is 9.86. The standard InChI is InChI=1S/C31H26N2/c1-31(2)29-10-6-5-9-27(29)28-18-14-24(20-30(28)31)22-11-15-25(16-12-22)33(32)26-17-13-21-7-3-4-8-23(21)19-26/h3-20H,32H2,1-2H3. The molecule has 1 aliphatic rings. The van der Waals surface area contributed by atoms with E-state index in [1.807, 2.05) is 0 Å². The number of fused-ring (bicyclic) bond motifs is 4. The molecule has 5 aromatic rings. The number of nitrogens with zero attached hydrogens (tertiary/aromatic N) is 1. The minimum atomic E-state index is 0.00597. The highest BCUT2D eigenvalue weighted by Gasteiger charge is 2.35. The van der Waals surface area contributed by atoms with Crippen molar-refractivity contribution < 1.29 is 0 Å². The van der Waals surface area contributed by atoms with E-state index in [4.69, 9.17) is 5.84 Å². The summed E-state index contributed by atoms with van der Waals surface area (Å²) in [5, 5.41) is 4.15. The van der Waals surface area contributed by atoms with Crippen LogP contribution in [-0.2, 0) is 5.41 Å². The first kappa shape index (κ1) is 19.8. The predicted octanol–water partition coefficient (Wildman–Crippen LogP) is 7.82. The minimum absolute atomic E-state index is 0.00597. The van der Waals surface area contributed by atoms with Crippen molar-refractivity contribution in [3.63, 3.8) is 0 Å². The van der Waals surface area contributed by atoms with Gasteiger partial charge in [-0.2, -0.15) is 0 Å². The van der Waals surface area contributed by atoms with E-state index in [9.17, 15) is 0 Å². The maximum Gasteiger partial charge on any atom is 0.0581 e. The summed E-state index contributed by atoms with van der Waals surface area (Å²) in [5.74, 6) is 6.49. The molecule has 0 unspecified atom stereocenters. The van der Waals surface area contributed by atoms with Gasteiger partial charge >= 0.3 is 0 Å². The number of rotatable bonds is 3. The Labute approximate surface area is 194 Å². The Morgan fingerprint density at radius 3 is 2.00 bits per heavy atom. The minimum Gasteiger partial charge on any atom is -0.280 e. The molecule has 0 aromatic heterocycles. The molecule has 0 radical (unpaired) electrons. The van der Waals surface area contributed by atoms with E-state index in [0.29, 0.717) is 0 Å². The Balaban J connectivity index is 1.32. The third-order valence-corrected chi connectivity index (χ3v) is 7.07. The molecule has 0 bridgehead atoms. The number of hydrogen-bond acceptors (Lipinski definition) is 2. The van der Waals surface area contributed by atoms with Gasteiger partial charge in [0.2, 0.25) is 0 Å². The first-order valence-corrected chi connectivity index (χ1v) is 11.4. The van der Waals surface area contributed by atoms with Crippen LogP contribution < -0.4 is 10.9 Å². The number of nitrogens with two attached hydrogens (primary N) is 1. The normalized spacial score (nSPS) is 13.5. The average Bonchev–Trinajstić information content (AvgIpc) is 3.10. The molecule has 0 fully saturated rings. The summed E-state index contributed by atoms with van der Waals surface area (Å²) in [6.45, 7) is 4.64. The SMILES string of the molecule is CC1(C)c2ccccc2-c2ccc(-c3ccc(N(N)c4ccc5ccccc5c4)cc3)cc21. The van der Waals surface area contributed by atoms with Crippen LogP contribution in [0.5, 0.6) is 0 Å². The van der Waals surface area contributed by atoms with E-state index in [1.54, 1.807) is 5.01 Å². The molecule has 2 heteroatoms. The molecule has 0 atom stereocenters. The van der Waals surface area contributed by atoms with Crippen LogP contribution in [0.25, 0.3) is 33.0 Å². The summed E-state index contributed by atoms with van der Waals surface area (Å²) < 4.78 is 0. The van der Waals surface area contributed by atoms with Gasteiger partial charge in [-0.25, -0.2) is 5.84 Å². The Morgan fingerprint density at radius 1 is 0.545 bits per heavy atom. The van der Waals surface area contributed by atoms with E-state index in [1.165, 1.54) is 44.2 Å². The van der Waals surface area contributed by atoms with Gasteiger partial charge < -0.3 is 0 Å². The van der Waals surface area contributed by atoms with Crippen molar-refractivity contribution in [2.45, 2.75) is 19.3 Å². The molecule has 0 aliphatic heterocycles. The molecule has 0 amide bonds. The molecule has 0 saturated carbocycles. The zero-order valence-electron chi connectivity index (χ0n) is 18.9. The highest BCUT2D eigenvalue weighted by molar-refractivity contribution is 5.87. The molecular formula is C31H26N2. The number of anilines is 2. The van der Waals surface area contributed by atoms with Crippen molar-refractivity contribution in [2.24, 2.45) is 5.84 Å². The summed E-state index contributed by atoms with van der Waals surface area (Å²) in [7, 11) is 0. The molecule has 2 nitrogen and oxygen atoms in total.